The minimum Gasteiger partial charge on any atom is -0.323 e. The van der Waals surface area contributed by atoms with Crippen molar-refractivity contribution in [2.24, 2.45) is 0 Å². The van der Waals surface area contributed by atoms with Crippen LogP contribution >= 0.6 is 0 Å². The molecule has 2 fully saturated rings. The van der Waals surface area contributed by atoms with E-state index in [9.17, 15) is 4.79 Å². The third-order valence-corrected chi connectivity index (χ3v) is 5.72. The fourth-order valence-corrected chi connectivity index (χ4v) is 4.38. The molecule has 2 aliphatic heterocycles. The summed E-state index contributed by atoms with van der Waals surface area (Å²) in [6, 6.07) is 10.4. The van der Waals surface area contributed by atoms with Crippen molar-refractivity contribution >= 4 is 11.7 Å². The van der Waals surface area contributed by atoms with Gasteiger partial charge in [-0.2, -0.15) is 5.10 Å². The summed E-state index contributed by atoms with van der Waals surface area (Å²) in [5.41, 5.74) is 3.74. The molecule has 0 bridgehead atoms. The maximum atomic E-state index is 13.0. The number of nitrogens with one attached hydrogen (secondary N) is 1. The molecule has 3 heterocycles. The Bertz CT molecular complexity index is 809. The summed E-state index contributed by atoms with van der Waals surface area (Å²) in [4.78, 5) is 17.5. The van der Waals surface area contributed by atoms with Crippen molar-refractivity contribution in [2.45, 2.75) is 45.6 Å². The predicted octanol–water partition coefficient (Wildman–Crippen LogP) is 3.58. The molecule has 0 radical (unpaired) electrons. The highest BCUT2D eigenvalue weighted by Gasteiger charge is 2.29. The Balaban J connectivity index is 1.49. The number of hydrogen-bond donors (Lipinski definition) is 1. The van der Waals surface area contributed by atoms with Crippen LogP contribution in [0.3, 0.4) is 0 Å². The molecule has 2 saturated heterocycles. The van der Waals surface area contributed by atoms with E-state index in [1.54, 1.807) is 0 Å². The molecule has 1 unspecified atom stereocenters. The first-order valence-corrected chi connectivity index (χ1v) is 10.0. The number of urea groups is 1. The minimum atomic E-state index is -0.00659. The zero-order valence-corrected chi connectivity index (χ0v) is 16.3. The molecule has 1 aromatic heterocycles. The lowest BCUT2D eigenvalue weighted by Crippen LogP contribution is -2.50. The maximum Gasteiger partial charge on any atom is 0.321 e. The molecule has 0 saturated carbocycles. The number of aryl methyl sites for hydroxylation is 2. The zero-order valence-electron chi connectivity index (χ0n) is 16.3. The van der Waals surface area contributed by atoms with Crippen molar-refractivity contribution < 1.29 is 4.79 Å². The van der Waals surface area contributed by atoms with Crippen LogP contribution in [0.2, 0.25) is 0 Å². The van der Waals surface area contributed by atoms with Gasteiger partial charge < -0.3 is 10.2 Å². The van der Waals surface area contributed by atoms with E-state index in [1.165, 1.54) is 32.4 Å². The highest BCUT2D eigenvalue weighted by atomic mass is 16.2. The molecule has 2 aliphatic rings. The Hall–Kier alpha value is -2.34. The summed E-state index contributed by atoms with van der Waals surface area (Å²) in [5, 5.41) is 7.70. The maximum absolute atomic E-state index is 13.0. The van der Waals surface area contributed by atoms with Gasteiger partial charge in [0.2, 0.25) is 0 Å². The van der Waals surface area contributed by atoms with E-state index in [1.807, 2.05) is 53.8 Å². The summed E-state index contributed by atoms with van der Waals surface area (Å²) in [6.07, 6.45) is 4.86. The topological polar surface area (TPSA) is 53.4 Å². The number of benzene rings is 1. The Morgan fingerprint density at radius 1 is 1.11 bits per heavy atom. The molecule has 0 spiro atoms. The second-order valence-electron chi connectivity index (χ2n) is 7.77. The van der Waals surface area contributed by atoms with Gasteiger partial charge in [-0.3, -0.25) is 4.90 Å². The number of amides is 2. The van der Waals surface area contributed by atoms with E-state index in [2.05, 4.69) is 15.3 Å². The van der Waals surface area contributed by atoms with E-state index >= 15 is 0 Å². The number of hydrogen-bond acceptors (Lipinski definition) is 3. The monoisotopic (exact) mass is 367 g/mol. The number of rotatable bonds is 3. The first-order chi connectivity index (χ1) is 13.1. The van der Waals surface area contributed by atoms with E-state index < -0.39 is 0 Å². The Morgan fingerprint density at radius 3 is 2.63 bits per heavy atom. The number of para-hydroxylation sites is 2. The van der Waals surface area contributed by atoms with Gasteiger partial charge in [0.25, 0.3) is 0 Å². The van der Waals surface area contributed by atoms with Crippen molar-refractivity contribution in [1.29, 1.82) is 0 Å². The van der Waals surface area contributed by atoms with Gasteiger partial charge in [0.05, 0.1) is 17.1 Å². The third kappa shape index (κ3) is 3.86. The van der Waals surface area contributed by atoms with Crippen molar-refractivity contribution in [3.05, 3.63) is 41.7 Å². The standard InChI is InChI=1S/C21H29N5O/c1-16-14-17(2)26(23-16)20-10-4-3-9-19(20)22-21(27)25-13-7-8-18(15-25)24-11-5-6-12-24/h3-4,9-10,14,18H,5-8,11-13,15H2,1-2H3,(H,22,27). The molecule has 27 heavy (non-hydrogen) atoms. The van der Waals surface area contributed by atoms with Gasteiger partial charge in [-0.1, -0.05) is 12.1 Å². The molecule has 1 atom stereocenters. The van der Waals surface area contributed by atoms with Gasteiger partial charge in [0.1, 0.15) is 0 Å². The lowest BCUT2D eigenvalue weighted by atomic mass is 10.0. The summed E-state index contributed by atoms with van der Waals surface area (Å²) >= 11 is 0. The quantitative estimate of drug-likeness (QED) is 0.902. The number of aromatic nitrogens is 2. The Morgan fingerprint density at radius 2 is 1.89 bits per heavy atom. The predicted molar refractivity (Wildman–Crippen MR) is 107 cm³/mol. The average molecular weight is 367 g/mol. The molecule has 2 aromatic rings. The number of piperidine rings is 1. The fourth-order valence-electron chi connectivity index (χ4n) is 4.38. The Kier molecular flexibility index (Phi) is 5.16. The summed E-state index contributed by atoms with van der Waals surface area (Å²) in [7, 11) is 0. The van der Waals surface area contributed by atoms with Gasteiger partial charge in [-0.15, -0.1) is 0 Å². The van der Waals surface area contributed by atoms with Gasteiger partial charge in [-0.05, 0) is 70.8 Å². The van der Waals surface area contributed by atoms with Crippen LogP contribution in [0.25, 0.3) is 5.69 Å². The van der Waals surface area contributed by atoms with Crippen molar-refractivity contribution in [3.8, 4) is 5.69 Å². The molecule has 1 N–H and O–H groups in total. The first-order valence-electron chi connectivity index (χ1n) is 10.0. The number of carbonyl (C=O) groups excluding carboxylic acids is 1. The normalized spacial score (nSPS) is 20.8. The van der Waals surface area contributed by atoms with Gasteiger partial charge in [-0.25, -0.2) is 9.48 Å². The SMILES string of the molecule is Cc1cc(C)n(-c2ccccc2NC(=O)N2CCCC(N3CCCC3)C2)n1. The second kappa shape index (κ2) is 7.72. The molecule has 6 nitrogen and oxygen atoms in total. The van der Waals surface area contributed by atoms with Crippen LogP contribution in [0.15, 0.2) is 30.3 Å². The molecule has 6 heteroatoms. The van der Waals surface area contributed by atoms with Crippen LogP contribution in [0.1, 0.15) is 37.1 Å². The van der Waals surface area contributed by atoms with Crippen molar-refractivity contribution in [2.75, 3.05) is 31.5 Å². The second-order valence-corrected chi connectivity index (χ2v) is 7.77. The highest BCUT2D eigenvalue weighted by molar-refractivity contribution is 5.91. The smallest absolute Gasteiger partial charge is 0.321 e. The average Bonchev–Trinajstić information content (AvgIpc) is 3.32. The Labute approximate surface area is 161 Å². The first kappa shape index (κ1) is 18.0. The third-order valence-electron chi connectivity index (χ3n) is 5.72. The molecule has 144 valence electrons. The molecule has 2 amide bonds. The van der Waals surface area contributed by atoms with E-state index in [-0.39, 0.29) is 6.03 Å². The summed E-state index contributed by atoms with van der Waals surface area (Å²) in [6.45, 7) is 8.04. The van der Waals surface area contributed by atoms with Crippen molar-refractivity contribution in [3.63, 3.8) is 0 Å². The van der Waals surface area contributed by atoms with Crippen LogP contribution in [0, 0.1) is 13.8 Å². The summed E-state index contributed by atoms with van der Waals surface area (Å²) in [5.74, 6) is 0. The molecular formula is C21H29N5O. The van der Waals surface area contributed by atoms with E-state index in [0.717, 1.165) is 42.3 Å². The molecule has 4 rings (SSSR count). The number of nitrogens with zero attached hydrogens (tertiary/aromatic N) is 4. The number of likely N-dealkylation sites (tertiary alicyclic amines) is 2. The molecule has 0 aliphatic carbocycles. The van der Waals surface area contributed by atoms with Crippen LogP contribution in [-0.2, 0) is 0 Å². The largest absolute Gasteiger partial charge is 0.323 e. The van der Waals surface area contributed by atoms with E-state index in [4.69, 9.17) is 0 Å². The minimum absolute atomic E-state index is 0.00659. The van der Waals surface area contributed by atoms with Gasteiger partial charge in [0.15, 0.2) is 0 Å². The van der Waals surface area contributed by atoms with E-state index in [0.29, 0.717) is 6.04 Å². The fraction of sp³-hybridized carbons (Fsp3) is 0.524. The molecular weight excluding hydrogens is 338 g/mol. The summed E-state index contributed by atoms with van der Waals surface area (Å²) < 4.78 is 1.90. The van der Waals surface area contributed by atoms with Crippen LogP contribution < -0.4 is 5.32 Å². The zero-order chi connectivity index (χ0) is 18.8. The van der Waals surface area contributed by atoms with Crippen LogP contribution in [0.4, 0.5) is 10.5 Å². The number of carbonyl (C=O) groups is 1. The van der Waals surface area contributed by atoms with Crippen LogP contribution in [-0.4, -0.2) is 57.8 Å². The van der Waals surface area contributed by atoms with Crippen LogP contribution in [0.5, 0.6) is 0 Å². The number of anilines is 1. The van der Waals surface area contributed by atoms with Crippen molar-refractivity contribution in [1.82, 2.24) is 19.6 Å². The van der Waals surface area contributed by atoms with Gasteiger partial charge >= 0.3 is 6.03 Å². The lowest BCUT2D eigenvalue weighted by molar-refractivity contribution is 0.132. The highest BCUT2D eigenvalue weighted by Crippen LogP contribution is 2.24. The van der Waals surface area contributed by atoms with Gasteiger partial charge in [0, 0.05) is 24.8 Å². The lowest BCUT2D eigenvalue weighted by Gasteiger charge is -2.37. The molecule has 1 aromatic carbocycles.